The molecule has 0 aromatic carbocycles. The first-order valence-electron chi connectivity index (χ1n) is 6.81. The monoisotopic (exact) mass is 284 g/mol. The highest BCUT2D eigenvalue weighted by atomic mass is 32.1. The highest BCUT2D eigenvalue weighted by molar-refractivity contribution is 7.18. The minimum absolute atomic E-state index is 0.0113. The van der Waals surface area contributed by atoms with Gasteiger partial charge in [0.1, 0.15) is 10.7 Å². The molecule has 0 aliphatic rings. The van der Waals surface area contributed by atoms with Crippen LogP contribution in [0.1, 0.15) is 50.2 Å². The number of carbonyl (C=O) groups excluding carboxylic acids is 1. The van der Waals surface area contributed by atoms with Crippen molar-refractivity contribution >= 4 is 28.2 Å². The molecule has 0 spiro atoms. The largest absolute Gasteiger partial charge is 0.382 e. The predicted molar refractivity (Wildman–Crippen MR) is 81.8 cm³/mol. The molecule has 0 atom stereocenters. The maximum absolute atomic E-state index is 12.4. The van der Waals surface area contributed by atoms with Gasteiger partial charge in [0.2, 0.25) is 0 Å². The molecule has 0 aliphatic carbocycles. The number of aromatic nitrogens is 1. The van der Waals surface area contributed by atoms with Gasteiger partial charge in [-0.3, -0.25) is 4.79 Å². The summed E-state index contributed by atoms with van der Waals surface area (Å²) >= 11 is 1.33. The Labute approximate surface area is 119 Å². The molecule has 1 aromatic rings. The van der Waals surface area contributed by atoms with E-state index in [0.29, 0.717) is 22.4 Å². The van der Waals surface area contributed by atoms with Crippen LogP contribution in [0.5, 0.6) is 0 Å². The van der Waals surface area contributed by atoms with Gasteiger partial charge >= 0.3 is 0 Å². The summed E-state index contributed by atoms with van der Waals surface area (Å²) in [5, 5.41) is 3.89. The number of rotatable bonds is 7. The topological polar surface area (TPSA) is 71.2 Å². The summed E-state index contributed by atoms with van der Waals surface area (Å²) in [5.41, 5.74) is 5.85. The number of nitrogens with zero attached hydrogens (tertiary/aromatic N) is 2. The Morgan fingerprint density at radius 2 is 2.16 bits per heavy atom. The van der Waals surface area contributed by atoms with Crippen LogP contribution in [0.25, 0.3) is 0 Å². The molecule has 3 N–H and O–H groups in total. The van der Waals surface area contributed by atoms with Crippen molar-refractivity contribution in [1.29, 1.82) is 0 Å². The fourth-order valence-electron chi connectivity index (χ4n) is 1.69. The number of thiazole rings is 1. The number of nitrogens with two attached hydrogens (primary N) is 1. The summed E-state index contributed by atoms with van der Waals surface area (Å²) in [7, 11) is 0. The second kappa shape index (κ2) is 7.33. The first-order chi connectivity index (χ1) is 8.99. The Morgan fingerprint density at radius 1 is 1.47 bits per heavy atom. The standard InChI is InChI=1S/C13H24N4OS/c1-5-7-8-17(6-2)12(18)10-11(14)16-13(19-10)15-9(3)4/h9H,5-8,14H2,1-4H3,(H,15,16). The van der Waals surface area contributed by atoms with E-state index in [0.717, 1.165) is 19.4 Å². The van der Waals surface area contributed by atoms with Crippen LogP contribution in [0.15, 0.2) is 0 Å². The van der Waals surface area contributed by atoms with Crippen molar-refractivity contribution in [1.82, 2.24) is 9.88 Å². The Balaban J connectivity index is 2.82. The van der Waals surface area contributed by atoms with Crippen molar-refractivity contribution in [2.75, 3.05) is 24.1 Å². The normalized spacial score (nSPS) is 10.8. The maximum atomic E-state index is 12.4. The third-order valence-electron chi connectivity index (χ3n) is 2.71. The zero-order chi connectivity index (χ0) is 14.4. The van der Waals surface area contributed by atoms with Gasteiger partial charge in [-0.25, -0.2) is 4.98 Å². The van der Waals surface area contributed by atoms with E-state index in [-0.39, 0.29) is 11.9 Å². The molecule has 0 saturated carbocycles. The highest BCUT2D eigenvalue weighted by Gasteiger charge is 2.21. The smallest absolute Gasteiger partial charge is 0.267 e. The second-order valence-electron chi connectivity index (χ2n) is 4.77. The molecule has 0 bridgehead atoms. The van der Waals surface area contributed by atoms with Gasteiger partial charge in [0.05, 0.1) is 0 Å². The number of unbranched alkanes of at least 4 members (excludes halogenated alkanes) is 1. The zero-order valence-electron chi connectivity index (χ0n) is 12.2. The van der Waals surface area contributed by atoms with Crippen LogP contribution in [0.3, 0.4) is 0 Å². The number of amides is 1. The van der Waals surface area contributed by atoms with E-state index in [9.17, 15) is 4.79 Å². The Hall–Kier alpha value is -1.30. The number of anilines is 2. The lowest BCUT2D eigenvalue weighted by molar-refractivity contribution is 0.0768. The van der Waals surface area contributed by atoms with E-state index < -0.39 is 0 Å². The summed E-state index contributed by atoms with van der Waals surface area (Å²) in [6.45, 7) is 9.62. The summed E-state index contributed by atoms with van der Waals surface area (Å²) in [4.78, 5) is 19.0. The van der Waals surface area contributed by atoms with Crippen molar-refractivity contribution in [3.8, 4) is 0 Å². The van der Waals surface area contributed by atoms with E-state index >= 15 is 0 Å². The van der Waals surface area contributed by atoms with Gasteiger partial charge in [-0.15, -0.1) is 0 Å². The Bertz CT molecular complexity index is 417. The van der Waals surface area contributed by atoms with E-state index in [1.54, 1.807) is 0 Å². The molecule has 0 aliphatic heterocycles. The summed E-state index contributed by atoms with van der Waals surface area (Å²) < 4.78 is 0. The fraction of sp³-hybridized carbons (Fsp3) is 0.692. The molecular formula is C13H24N4OS. The van der Waals surface area contributed by atoms with E-state index in [1.165, 1.54) is 11.3 Å². The first-order valence-corrected chi connectivity index (χ1v) is 7.63. The molecule has 19 heavy (non-hydrogen) atoms. The SMILES string of the molecule is CCCCN(CC)C(=O)c1sc(NC(C)C)nc1N. The molecule has 0 radical (unpaired) electrons. The van der Waals surface area contributed by atoms with Gasteiger partial charge in [0.25, 0.3) is 5.91 Å². The lowest BCUT2D eigenvalue weighted by Crippen LogP contribution is -2.31. The first kappa shape index (κ1) is 15.8. The predicted octanol–water partition coefficient (Wildman–Crippen LogP) is 2.81. The van der Waals surface area contributed by atoms with Crippen molar-refractivity contribution in [3.05, 3.63) is 4.88 Å². The second-order valence-corrected chi connectivity index (χ2v) is 5.77. The molecule has 1 aromatic heterocycles. The number of hydrogen-bond acceptors (Lipinski definition) is 5. The fourth-order valence-corrected chi connectivity index (χ4v) is 2.69. The van der Waals surface area contributed by atoms with Crippen molar-refractivity contribution in [2.24, 2.45) is 0 Å². The van der Waals surface area contributed by atoms with E-state index in [1.807, 2.05) is 25.7 Å². The van der Waals surface area contributed by atoms with Gasteiger partial charge in [-0.05, 0) is 27.2 Å². The maximum Gasteiger partial charge on any atom is 0.267 e. The van der Waals surface area contributed by atoms with Gasteiger partial charge in [0.15, 0.2) is 5.13 Å². The number of carbonyl (C=O) groups is 1. The minimum atomic E-state index is -0.0113. The molecule has 0 fully saturated rings. The molecule has 1 rings (SSSR count). The van der Waals surface area contributed by atoms with Gasteiger partial charge < -0.3 is 16.0 Å². The average Bonchev–Trinajstić information content (AvgIpc) is 2.69. The van der Waals surface area contributed by atoms with Crippen LogP contribution in [-0.2, 0) is 0 Å². The van der Waals surface area contributed by atoms with Gasteiger partial charge in [0, 0.05) is 19.1 Å². The molecule has 0 unspecified atom stereocenters. The van der Waals surface area contributed by atoms with Crippen molar-refractivity contribution in [2.45, 2.75) is 46.6 Å². The van der Waals surface area contributed by atoms with E-state index in [4.69, 9.17) is 5.73 Å². The van der Waals surface area contributed by atoms with Crippen LogP contribution >= 0.6 is 11.3 Å². The van der Waals surface area contributed by atoms with Crippen LogP contribution in [0.2, 0.25) is 0 Å². The third-order valence-corrected chi connectivity index (χ3v) is 3.70. The third kappa shape index (κ3) is 4.38. The van der Waals surface area contributed by atoms with Crippen molar-refractivity contribution < 1.29 is 4.79 Å². The summed E-state index contributed by atoms with van der Waals surface area (Å²) in [5.74, 6) is 0.316. The highest BCUT2D eigenvalue weighted by Crippen LogP contribution is 2.26. The van der Waals surface area contributed by atoms with Crippen LogP contribution in [0.4, 0.5) is 10.9 Å². The van der Waals surface area contributed by atoms with Gasteiger partial charge in [-0.2, -0.15) is 0 Å². The van der Waals surface area contributed by atoms with Crippen molar-refractivity contribution in [3.63, 3.8) is 0 Å². The number of hydrogen-bond donors (Lipinski definition) is 2. The molecule has 0 saturated heterocycles. The summed E-state index contributed by atoms with van der Waals surface area (Å²) in [6.07, 6.45) is 2.08. The number of nitrogen functional groups attached to an aromatic ring is 1. The molecule has 6 heteroatoms. The summed E-state index contributed by atoms with van der Waals surface area (Å²) in [6, 6.07) is 0.274. The number of nitrogens with one attached hydrogen (secondary N) is 1. The molecular weight excluding hydrogens is 260 g/mol. The molecule has 1 amide bonds. The molecule has 108 valence electrons. The van der Waals surface area contributed by atoms with E-state index in [2.05, 4.69) is 17.2 Å². The molecule has 5 nitrogen and oxygen atoms in total. The minimum Gasteiger partial charge on any atom is -0.382 e. The zero-order valence-corrected chi connectivity index (χ0v) is 13.0. The molecule has 1 heterocycles. The average molecular weight is 284 g/mol. The Morgan fingerprint density at radius 3 is 2.68 bits per heavy atom. The lowest BCUT2D eigenvalue weighted by Gasteiger charge is -2.19. The lowest BCUT2D eigenvalue weighted by atomic mass is 10.3. The van der Waals surface area contributed by atoms with Gasteiger partial charge in [-0.1, -0.05) is 24.7 Å². The van der Waals surface area contributed by atoms with Crippen LogP contribution in [-0.4, -0.2) is 34.9 Å². The Kier molecular flexibility index (Phi) is 6.08. The van der Waals surface area contributed by atoms with Crippen LogP contribution in [0, 0.1) is 0 Å². The van der Waals surface area contributed by atoms with Crippen LogP contribution < -0.4 is 11.1 Å². The quantitative estimate of drug-likeness (QED) is 0.807.